The highest BCUT2D eigenvalue weighted by atomic mass is 16.5. The molecule has 1 aromatic rings. The number of carbonyl (C=O) groups is 1. The van der Waals surface area contributed by atoms with Crippen LogP contribution in [-0.2, 0) is 31.8 Å². The van der Waals surface area contributed by atoms with Gasteiger partial charge in [0.1, 0.15) is 0 Å². The van der Waals surface area contributed by atoms with Gasteiger partial charge in [-0.05, 0) is 30.0 Å². The average molecular weight is 356 g/mol. The number of hydrazine groups is 1. The van der Waals surface area contributed by atoms with Crippen LogP contribution in [0.5, 0.6) is 0 Å². The van der Waals surface area contributed by atoms with E-state index in [1.54, 1.807) is 26.4 Å². The van der Waals surface area contributed by atoms with Gasteiger partial charge in [0.25, 0.3) is 0 Å². The molecule has 0 radical (unpaired) electrons. The van der Waals surface area contributed by atoms with E-state index in [0.717, 1.165) is 11.1 Å². The first-order valence-electron chi connectivity index (χ1n) is 8.13. The molecule has 0 aliphatic carbocycles. The van der Waals surface area contributed by atoms with Crippen LogP contribution in [0, 0.1) is 0 Å². The summed E-state index contributed by atoms with van der Waals surface area (Å²) in [6.45, 7) is 3.00. The molecule has 0 bridgehead atoms. The largest absolute Gasteiger partial charge is 0.478 e. The van der Waals surface area contributed by atoms with Gasteiger partial charge >= 0.3 is 5.97 Å². The zero-order valence-electron chi connectivity index (χ0n) is 14.9. The van der Waals surface area contributed by atoms with E-state index < -0.39 is 5.97 Å². The molecule has 25 heavy (non-hydrogen) atoms. The molecule has 0 amide bonds. The van der Waals surface area contributed by atoms with Gasteiger partial charge in [-0.15, -0.1) is 0 Å². The Bertz CT molecular complexity index is 524. The number of methoxy groups -OCH3 is 2. The van der Waals surface area contributed by atoms with Gasteiger partial charge < -0.3 is 29.5 Å². The van der Waals surface area contributed by atoms with E-state index in [1.807, 2.05) is 0 Å². The van der Waals surface area contributed by atoms with Gasteiger partial charge in [0.15, 0.2) is 0 Å². The molecule has 0 unspecified atom stereocenters. The van der Waals surface area contributed by atoms with Crippen molar-refractivity contribution >= 4 is 11.7 Å². The van der Waals surface area contributed by atoms with Crippen molar-refractivity contribution in [1.82, 2.24) is 0 Å². The molecule has 0 saturated carbocycles. The maximum atomic E-state index is 11.4. The summed E-state index contributed by atoms with van der Waals surface area (Å²) in [5.74, 6) is 4.55. The fraction of sp³-hybridized carbons (Fsp3) is 0.588. The van der Waals surface area contributed by atoms with E-state index in [4.69, 9.17) is 24.8 Å². The number of nitrogen functional groups attached to an aromatic ring is 1. The van der Waals surface area contributed by atoms with Gasteiger partial charge in [-0.2, -0.15) is 0 Å². The minimum Gasteiger partial charge on any atom is -0.478 e. The molecule has 0 heterocycles. The third kappa shape index (κ3) is 7.37. The van der Waals surface area contributed by atoms with Crippen molar-refractivity contribution in [3.63, 3.8) is 0 Å². The summed E-state index contributed by atoms with van der Waals surface area (Å²) in [5.41, 5.74) is 4.88. The lowest BCUT2D eigenvalue weighted by atomic mass is 9.96. The molecular formula is C17H28N2O6. The molecule has 0 aliphatic heterocycles. The molecule has 0 aliphatic rings. The minimum absolute atomic E-state index is 0.137. The number of hydrogen-bond acceptors (Lipinski definition) is 7. The zero-order chi connectivity index (χ0) is 18.5. The van der Waals surface area contributed by atoms with Gasteiger partial charge in [0.2, 0.25) is 0 Å². The summed E-state index contributed by atoms with van der Waals surface area (Å²) in [5, 5.41) is 9.34. The number of benzene rings is 1. The van der Waals surface area contributed by atoms with Gasteiger partial charge in [0, 0.05) is 14.2 Å². The summed E-state index contributed by atoms with van der Waals surface area (Å²) in [6.07, 6.45) is 1.18. The van der Waals surface area contributed by atoms with E-state index in [-0.39, 0.29) is 5.56 Å². The Labute approximate surface area is 148 Å². The highest BCUT2D eigenvalue weighted by Crippen LogP contribution is 2.26. The van der Waals surface area contributed by atoms with Crippen molar-refractivity contribution in [1.29, 1.82) is 0 Å². The summed E-state index contributed by atoms with van der Waals surface area (Å²) in [7, 11) is 3.23. The van der Waals surface area contributed by atoms with E-state index in [0.29, 0.717) is 58.2 Å². The number of anilines is 1. The van der Waals surface area contributed by atoms with Gasteiger partial charge in [-0.1, -0.05) is 6.07 Å². The van der Waals surface area contributed by atoms with Crippen molar-refractivity contribution in [3.8, 4) is 0 Å². The summed E-state index contributed by atoms with van der Waals surface area (Å²) in [4.78, 5) is 11.4. The number of rotatable bonds is 14. The van der Waals surface area contributed by atoms with Crippen LogP contribution in [0.1, 0.15) is 21.5 Å². The maximum Gasteiger partial charge on any atom is 0.337 e. The summed E-state index contributed by atoms with van der Waals surface area (Å²) in [6, 6.07) is 3.35. The highest BCUT2D eigenvalue weighted by Gasteiger charge is 2.17. The molecule has 0 fully saturated rings. The van der Waals surface area contributed by atoms with Crippen LogP contribution in [0.2, 0.25) is 0 Å². The number of nitrogens with one attached hydrogen (secondary N) is 1. The molecule has 0 atom stereocenters. The average Bonchev–Trinajstić information content (AvgIpc) is 2.61. The van der Waals surface area contributed by atoms with Crippen molar-refractivity contribution in [3.05, 3.63) is 28.8 Å². The predicted octanol–water partition coefficient (Wildman–Crippen LogP) is 1.08. The topological polar surface area (TPSA) is 112 Å². The van der Waals surface area contributed by atoms with Crippen LogP contribution < -0.4 is 11.3 Å². The van der Waals surface area contributed by atoms with Crippen LogP contribution in [0.25, 0.3) is 0 Å². The highest BCUT2D eigenvalue weighted by molar-refractivity contribution is 5.95. The number of ether oxygens (including phenoxy) is 4. The second-order valence-electron chi connectivity index (χ2n) is 5.29. The predicted molar refractivity (Wildman–Crippen MR) is 94.0 cm³/mol. The van der Waals surface area contributed by atoms with Crippen LogP contribution in [-0.4, -0.2) is 64.9 Å². The Morgan fingerprint density at radius 1 is 1.00 bits per heavy atom. The second-order valence-corrected chi connectivity index (χ2v) is 5.29. The summed E-state index contributed by atoms with van der Waals surface area (Å²) >= 11 is 0. The van der Waals surface area contributed by atoms with Gasteiger partial charge in [-0.3, -0.25) is 5.84 Å². The Balaban J connectivity index is 2.83. The fourth-order valence-electron chi connectivity index (χ4n) is 2.40. The minimum atomic E-state index is -1.03. The first-order valence-corrected chi connectivity index (χ1v) is 8.13. The first-order chi connectivity index (χ1) is 12.2. The Morgan fingerprint density at radius 2 is 1.60 bits per heavy atom. The third-order valence-electron chi connectivity index (χ3n) is 3.66. The van der Waals surface area contributed by atoms with E-state index in [9.17, 15) is 9.90 Å². The van der Waals surface area contributed by atoms with Crippen molar-refractivity contribution in [2.45, 2.75) is 12.8 Å². The molecule has 1 rings (SSSR count). The van der Waals surface area contributed by atoms with Gasteiger partial charge in [-0.25, -0.2) is 4.79 Å². The molecule has 0 saturated heterocycles. The monoisotopic (exact) mass is 356 g/mol. The number of carboxylic acids is 1. The van der Waals surface area contributed by atoms with Crippen LogP contribution >= 0.6 is 0 Å². The fourth-order valence-corrected chi connectivity index (χ4v) is 2.40. The molecule has 8 nitrogen and oxygen atoms in total. The number of nitrogens with two attached hydrogens (primary N) is 1. The van der Waals surface area contributed by atoms with E-state index in [1.165, 1.54) is 0 Å². The van der Waals surface area contributed by atoms with Crippen LogP contribution in [0.15, 0.2) is 12.1 Å². The van der Waals surface area contributed by atoms with E-state index in [2.05, 4.69) is 5.43 Å². The number of aromatic carboxylic acids is 1. The van der Waals surface area contributed by atoms with Crippen LogP contribution in [0.3, 0.4) is 0 Å². The lowest BCUT2D eigenvalue weighted by Crippen LogP contribution is -2.18. The lowest BCUT2D eigenvalue weighted by molar-refractivity contribution is 0.0694. The Morgan fingerprint density at radius 3 is 2.12 bits per heavy atom. The Kier molecular flexibility index (Phi) is 10.8. The molecule has 4 N–H and O–H groups in total. The molecular weight excluding hydrogens is 328 g/mol. The number of carboxylic acid groups (broad SMARTS) is 1. The molecule has 0 aromatic heterocycles. The molecule has 142 valence electrons. The smallest absolute Gasteiger partial charge is 0.337 e. The van der Waals surface area contributed by atoms with E-state index >= 15 is 0 Å². The lowest BCUT2D eigenvalue weighted by Gasteiger charge is -2.17. The van der Waals surface area contributed by atoms with Crippen molar-refractivity contribution < 1.29 is 28.8 Å². The normalized spacial score (nSPS) is 10.8. The van der Waals surface area contributed by atoms with Crippen molar-refractivity contribution in [2.24, 2.45) is 5.84 Å². The Hall–Kier alpha value is -1.71. The molecule has 8 heteroatoms. The summed E-state index contributed by atoms with van der Waals surface area (Å²) < 4.78 is 20.9. The second kappa shape index (κ2) is 12.6. The number of hydrogen-bond donors (Lipinski definition) is 3. The van der Waals surface area contributed by atoms with Gasteiger partial charge in [0.05, 0.1) is 50.9 Å². The van der Waals surface area contributed by atoms with Crippen molar-refractivity contribution in [2.75, 3.05) is 59.3 Å². The first kappa shape index (κ1) is 21.3. The standard InChI is InChI=1S/C17H28N2O6/c1-22-9-11-24-7-5-13-3-4-15(17(20)21)16(19-18)14(13)6-8-25-12-10-23-2/h3-4,19H,5-12,18H2,1-2H3,(H,20,21). The molecule has 1 aromatic carbocycles. The maximum absolute atomic E-state index is 11.4. The van der Waals surface area contributed by atoms with Crippen LogP contribution in [0.4, 0.5) is 5.69 Å². The quantitative estimate of drug-likeness (QED) is 0.258. The third-order valence-corrected chi connectivity index (χ3v) is 3.66. The zero-order valence-corrected chi connectivity index (χ0v) is 14.9. The SMILES string of the molecule is COCCOCCc1ccc(C(=O)O)c(NN)c1CCOCCOC. The molecule has 0 spiro atoms.